The smallest absolute Gasteiger partial charge is 0.164 e. The van der Waals surface area contributed by atoms with Gasteiger partial charge in [0.1, 0.15) is 0 Å². The van der Waals surface area contributed by atoms with E-state index < -0.39 is 0 Å². The predicted octanol–water partition coefficient (Wildman–Crippen LogP) is 2.52. The van der Waals surface area contributed by atoms with E-state index in [4.69, 9.17) is 18.9 Å². The molecule has 2 heterocycles. The number of ether oxygens (including phenoxy) is 4. The fraction of sp³-hybridized carbons (Fsp3) is 1.00. The summed E-state index contributed by atoms with van der Waals surface area (Å²) in [7, 11) is 3.82. The van der Waals surface area contributed by atoms with E-state index in [1.807, 2.05) is 14.2 Å². The second-order valence-corrected chi connectivity index (χ2v) is 11.2. The molecule has 10 fully saturated rings. The highest BCUT2D eigenvalue weighted by molar-refractivity contribution is 5.45. The minimum atomic E-state index is -0.0142. The molecule has 0 radical (unpaired) electrons. The quantitative estimate of drug-likeness (QED) is 0.762. The first kappa shape index (κ1) is 13.9. The van der Waals surface area contributed by atoms with Gasteiger partial charge in [-0.2, -0.15) is 0 Å². The molecule has 0 aromatic carbocycles. The molecule has 4 nitrogen and oxygen atoms in total. The third-order valence-corrected chi connectivity index (χ3v) is 12.0. The van der Waals surface area contributed by atoms with Crippen LogP contribution in [0.1, 0.15) is 25.7 Å². The molecular weight excluding hydrogens is 328 g/mol. The molecular formula is C22H28O4. The highest BCUT2D eigenvalue weighted by Gasteiger charge is 3.02. The maximum atomic E-state index is 6.81. The van der Waals surface area contributed by atoms with Gasteiger partial charge in [0.15, 0.2) is 12.6 Å². The zero-order valence-corrected chi connectivity index (χ0v) is 15.5. The minimum Gasteiger partial charge on any atom is -0.355 e. The first-order valence-electron chi connectivity index (χ1n) is 11.2. The Hall–Kier alpha value is -0.160. The summed E-state index contributed by atoms with van der Waals surface area (Å²) in [5.41, 5.74) is 0.400. The van der Waals surface area contributed by atoms with E-state index in [1.165, 1.54) is 25.7 Å². The van der Waals surface area contributed by atoms with Gasteiger partial charge in [0.2, 0.25) is 0 Å². The van der Waals surface area contributed by atoms with Gasteiger partial charge < -0.3 is 18.9 Å². The van der Waals surface area contributed by atoms with E-state index in [1.54, 1.807) is 0 Å². The van der Waals surface area contributed by atoms with Crippen molar-refractivity contribution in [1.82, 2.24) is 0 Å². The molecule has 4 heteroatoms. The van der Waals surface area contributed by atoms with Crippen LogP contribution in [0.25, 0.3) is 0 Å². The Balaban J connectivity index is 1.40. The van der Waals surface area contributed by atoms with Crippen LogP contribution in [0.5, 0.6) is 0 Å². The molecule has 8 bridgehead atoms. The Bertz CT molecular complexity index is 676. The Morgan fingerprint density at radius 2 is 1.08 bits per heavy atom. The summed E-state index contributed by atoms with van der Waals surface area (Å²) in [6.07, 6.45) is 6.18. The van der Waals surface area contributed by atoms with Crippen molar-refractivity contribution in [3.05, 3.63) is 0 Å². The van der Waals surface area contributed by atoms with Gasteiger partial charge in [-0.05, 0) is 84.9 Å². The molecule has 0 unspecified atom stereocenters. The third kappa shape index (κ3) is 0.881. The van der Waals surface area contributed by atoms with Gasteiger partial charge >= 0.3 is 0 Å². The zero-order valence-electron chi connectivity index (χ0n) is 15.5. The average molecular weight is 356 g/mol. The van der Waals surface area contributed by atoms with Gasteiger partial charge in [0, 0.05) is 25.0 Å². The van der Waals surface area contributed by atoms with Gasteiger partial charge in [0.05, 0.1) is 12.2 Å². The Morgan fingerprint density at radius 3 is 1.50 bits per heavy atom. The number of methoxy groups -OCH3 is 2. The standard InChI is InChI=1S/C22H28O4/c1-23-19-21-15-7-4-6-10-12(7)18-13(15)14-16(22(18,21)20(24-2)26-10)8-3-5-9(25-19)11(8)17(14)21/h7-20H,3-6H2,1-2H3/t7-,8-,9-,10+,11+,12+,13+,14+,15-,16+,17+,18+,19-,20-,21-,22-/m1/s1. The van der Waals surface area contributed by atoms with Gasteiger partial charge in [-0.3, -0.25) is 0 Å². The number of hydrogen-bond donors (Lipinski definition) is 0. The summed E-state index contributed by atoms with van der Waals surface area (Å²) < 4.78 is 26.1. The molecule has 8 aliphatic carbocycles. The first-order valence-corrected chi connectivity index (χ1v) is 11.2. The van der Waals surface area contributed by atoms with E-state index >= 15 is 0 Å². The van der Waals surface area contributed by atoms with Gasteiger partial charge in [0.25, 0.3) is 0 Å². The highest BCUT2D eigenvalue weighted by Crippen LogP contribution is 3.00. The number of hydrogen-bond acceptors (Lipinski definition) is 4. The van der Waals surface area contributed by atoms with Crippen LogP contribution in [0.2, 0.25) is 0 Å². The minimum absolute atomic E-state index is 0.0142. The second-order valence-electron chi connectivity index (χ2n) is 11.2. The maximum absolute atomic E-state index is 6.81. The fourth-order valence-corrected chi connectivity index (χ4v) is 13.0. The van der Waals surface area contributed by atoms with Crippen molar-refractivity contribution in [3.8, 4) is 0 Å². The molecule has 0 N–H and O–H groups in total. The summed E-state index contributed by atoms with van der Waals surface area (Å²) in [5.74, 6) is 8.64. The molecule has 26 heavy (non-hydrogen) atoms. The predicted molar refractivity (Wildman–Crippen MR) is 89.6 cm³/mol. The molecule has 2 saturated heterocycles. The van der Waals surface area contributed by atoms with Crippen molar-refractivity contribution < 1.29 is 18.9 Å². The lowest BCUT2D eigenvalue weighted by molar-refractivity contribution is -0.399. The summed E-state index contributed by atoms with van der Waals surface area (Å²) >= 11 is 0. The fourth-order valence-electron chi connectivity index (χ4n) is 13.0. The van der Waals surface area contributed by atoms with E-state index in [0.717, 1.165) is 59.2 Å². The largest absolute Gasteiger partial charge is 0.355 e. The van der Waals surface area contributed by atoms with E-state index in [2.05, 4.69) is 0 Å². The lowest BCUT2D eigenvalue weighted by Gasteiger charge is -2.68. The zero-order chi connectivity index (χ0) is 16.7. The van der Waals surface area contributed by atoms with Crippen molar-refractivity contribution in [2.75, 3.05) is 14.2 Å². The topological polar surface area (TPSA) is 36.9 Å². The van der Waals surface area contributed by atoms with Crippen molar-refractivity contribution in [2.24, 2.45) is 70.0 Å². The molecule has 10 rings (SSSR count). The Kier molecular flexibility index (Phi) is 1.98. The van der Waals surface area contributed by atoms with Crippen LogP contribution >= 0.6 is 0 Å². The second kappa shape index (κ2) is 3.69. The molecule has 0 aromatic heterocycles. The van der Waals surface area contributed by atoms with Gasteiger partial charge in [-0.15, -0.1) is 0 Å². The van der Waals surface area contributed by atoms with Crippen LogP contribution in [-0.2, 0) is 18.9 Å². The van der Waals surface area contributed by atoms with Crippen LogP contribution < -0.4 is 0 Å². The molecule has 0 aromatic rings. The van der Waals surface area contributed by atoms with Crippen LogP contribution in [0.3, 0.4) is 0 Å². The van der Waals surface area contributed by atoms with Crippen LogP contribution in [0, 0.1) is 70.0 Å². The van der Waals surface area contributed by atoms with E-state index in [9.17, 15) is 0 Å². The molecule has 0 amide bonds. The van der Waals surface area contributed by atoms with Crippen LogP contribution in [-0.4, -0.2) is 39.0 Å². The molecule has 2 aliphatic heterocycles. The van der Waals surface area contributed by atoms with E-state index in [-0.39, 0.29) is 23.4 Å². The molecule has 2 spiro atoms. The highest BCUT2D eigenvalue weighted by atomic mass is 16.7. The van der Waals surface area contributed by atoms with Crippen molar-refractivity contribution >= 4 is 0 Å². The van der Waals surface area contributed by atoms with E-state index in [0.29, 0.717) is 12.2 Å². The van der Waals surface area contributed by atoms with Gasteiger partial charge in [-0.25, -0.2) is 0 Å². The lowest BCUT2D eigenvalue weighted by atomic mass is 9.41. The molecule has 8 saturated carbocycles. The van der Waals surface area contributed by atoms with Crippen LogP contribution in [0.15, 0.2) is 0 Å². The SMILES string of the molecule is CO[C@@H]1O[C@@H]2CC[C@@H]3[C@@H]2[C@H]2[C@H]4[C@@H]5[C@@H]6[C@H]7[C@H]8CC[C@@H]7O[C@@H](OC)[C@]6([C@@H]34)[C@@]12[C@H]85. The normalized spacial score (nSPS) is 79.6. The Morgan fingerprint density at radius 1 is 0.615 bits per heavy atom. The van der Waals surface area contributed by atoms with Crippen molar-refractivity contribution in [3.63, 3.8) is 0 Å². The third-order valence-electron chi connectivity index (χ3n) is 12.0. The van der Waals surface area contributed by atoms with Crippen LogP contribution in [0.4, 0.5) is 0 Å². The lowest BCUT2D eigenvalue weighted by Crippen LogP contribution is -2.73. The van der Waals surface area contributed by atoms with Gasteiger partial charge in [-0.1, -0.05) is 0 Å². The molecule has 10 aliphatic rings. The summed E-state index contributed by atoms with van der Waals surface area (Å²) in [6, 6.07) is 0. The summed E-state index contributed by atoms with van der Waals surface area (Å²) in [4.78, 5) is 0. The molecule has 140 valence electrons. The summed E-state index contributed by atoms with van der Waals surface area (Å²) in [6.45, 7) is 0. The van der Waals surface area contributed by atoms with Crippen molar-refractivity contribution in [1.29, 1.82) is 0 Å². The Labute approximate surface area is 154 Å². The number of rotatable bonds is 2. The first-order chi connectivity index (χ1) is 12.8. The maximum Gasteiger partial charge on any atom is 0.164 e. The monoisotopic (exact) mass is 356 g/mol. The summed E-state index contributed by atoms with van der Waals surface area (Å²) in [5, 5.41) is 0. The molecule has 16 atom stereocenters. The average Bonchev–Trinajstić information content (AvgIpc) is 3.44. The van der Waals surface area contributed by atoms with Crippen molar-refractivity contribution in [2.45, 2.75) is 50.5 Å².